The van der Waals surface area contributed by atoms with E-state index >= 15 is 0 Å². The Bertz CT molecular complexity index is 718. The van der Waals surface area contributed by atoms with E-state index in [9.17, 15) is 5.26 Å². The second-order valence-electron chi connectivity index (χ2n) is 5.81. The van der Waals surface area contributed by atoms with Gasteiger partial charge in [-0.25, -0.2) is 4.98 Å². The summed E-state index contributed by atoms with van der Waals surface area (Å²) in [6.07, 6.45) is 4.98. The zero-order valence-corrected chi connectivity index (χ0v) is 13.5. The summed E-state index contributed by atoms with van der Waals surface area (Å²) >= 11 is 0. The van der Waals surface area contributed by atoms with Crippen molar-refractivity contribution in [1.82, 2.24) is 14.8 Å². The van der Waals surface area contributed by atoms with Gasteiger partial charge in [0, 0.05) is 43.1 Å². The highest BCUT2D eigenvalue weighted by Crippen LogP contribution is 2.34. The largest absolute Gasteiger partial charge is 0.373 e. The van der Waals surface area contributed by atoms with E-state index in [1.54, 1.807) is 6.07 Å². The number of rotatable bonds is 5. The molecular formula is C17H21N5O. The smallest absolute Gasteiger partial charge is 0.144 e. The van der Waals surface area contributed by atoms with Crippen LogP contribution in [0.3, 0.4) is 0 Å². The number of aryl methyl sites for hydroxylation is 2. The number of hydrogen-bond acceptors (Lipinski definition) is 5. The molecule has 0 aliphatic carbocycles. The summed E-state index contributed by atoms with van der Waals surface area (Å²) < 4.78 is 7.81. The molecule has 6 heteroatoms. The topological polar surface area (TPSA) is 75.8 Å². The number of nitriles is 1. The monoisotopic (exact) mass is 311 g/mol. The number of anilines is 1. The van der Waals surface area contributed by atoms with Crippen molar-refractivity contribution in [3.63, 3.8) is 0 Å². The second-order valence-corrected chi connectivity index (χ2v) is 5.81. The molecule has 2 aromatic heterocycles. The highest BCUT2D eigenvalue weighted by atomic mass is 16.5. The van der Waals surface area contributed by atoms with Crippen LogP contribution < -0.4 is 5.32 Å². The Kier molecular flexibility index (Phi) is 4.58. The lowest BCUT2D eigenvalue weighted by molar-refractivity contribution is 0.0932. The molecule has 1 fully saturated rings. The minimum Gasteiger partial charge on any atom is -0.373 e. The minimum absolute atomic E-state index is 0.0538. The maximum Gasteiger partial charge on any atom is 0.144 e. The molecule has 6 nitrogen and oxygen atoms in total. The number of nitrogens with zero attached hydrogens (tertiary/aromatic N) is 4. The highest BCUT2D eigenvalue weighted by molar-refractivity contribution is 5.52. The van der Waals surface area contributed by atoms with Crippen LogP contribution in [-0.4, -0.2) is 27.9 Å². The van der Waals surface area contributed by atoms with Crippen molar-refractivity contribution in [1.29, 1.82) is 5.26 Å². The maximum atomic E-state index is 9.20. The Morgan fingerprint density at radius 2 is 2.35 bits per heavy atom. The fourth-order valence-corrected chi connectivity index (χ4v) is 2.92. The van der Waals surface area contributed by atoms with Crippen LogP contribution in [0.4, 0.5) is 5.82 Å². The van der Waals surface area contributed by atoms with Gasteiger partial charge in [0.15, 0.2) is 0 Å². The van der Waals surface area contributed by atoms with E-state index in [1.807, 2.05) is 23.9 Å². The van der Waals surface area contributed by atoms with E-state index in [4.69, 9.17) is 4.74 Å². The van der Waals surface area contributed by atoms with E-state index in [-0.39, 0.29) is 6.10 Å². The molecule has 120 valence electrons. The Morgan fingerprint density at radius 1 is 1.48 bits per heavy atom. The van der Waals surface area contributed by atoms with E-state index in [1.165, 1.54) is 0 Å². The summed E-state index contributed by atoms with van der Waals surface area (Å²) in [5.74, 6) is 1.00. The quantitative estimate of drug-likeness (QED) is 0.918. The van der Waals surface area contributed by atoms with Gasteiger partial charge < -0.3 is 10.1 Å². The molecule has 0 unspecified atom stereocenters. The van der Waals surface area contributed by atoms with Crippen LogP contribution in [0.25, 0.3) is 0 Å². The van der Waals surface area contributed by atoms with Crippen LogP contribution in [-0.2, 0) is 11.3 Å². The fourth-order valence-electron chi connectivity index (χ4n) is 2.92. The SMILES string of the molecule is CCn1cc([C@@H]2OCC[C@H]2CNc2nc(C)ccc2C#N)cn1. The Labute approximate surface area is 136 Å². The zero-order valence-electron chi connectivity index (χ0n) is 13.5. The first kappa shape index (κ1) is 15.5. The second kappa shape index (κ2) is 6.80. The molecule has 0 bridgehead atoms. The minimum atomic E-state index is 0.0538. The Hall–Kier alpha value is -2.39. The lowest BCUT2D eigenvalue weighted by Crippen LogP contribution is -2.19. The average Bonchev–Trinajstić information content (AvgIpc) is 3.21. The molecule has 1 saturated heterocycles. The molecule has 0 aromatic carbocycles. The fraction of sp³-hybridized carbons (Fsp3) is 0.471. The van der Waals surface area contributed by atoms with Gasteiger partial charge in [-0.3, -0.25) is 4.68 Å². The number of ether oxygens (including phenoxy) is 1. The molecule has 3 rings (SSSR count). The van der Waals surface area contributed by atoms with Crippen molar-refractivity contribution in [3.05, 3.63) is 41.3 Å². The third kappa shape index (κ3) is 3.35. The van der Waals surface area contributed by atoms with Crippen LogP contribution in [0, 0.1) is 24.2 Å². The third-order valence-corrected chi connectivity index (χ3v) is 4.21. The maximum absolute atomic E-state index is 9.20. The Morgan fingerprint density at radius 3 is 3.09 bits per heavy atom. The molecule has 2 aromatic rings. The highest BCUT2D eigenvalue weighted by Gasteiger charge is 2.30. The zero-order chi connectivity index (χ0) is 16.2. The van der Waals surface area contributed by atoms with Gasteiger partial charge in [-0.1, -0.05) is 0 Å². The molecule has 1 aliphatic heterocycles. The van der Waals surface area contributed by atoms with Crippen LogP contribution in [0.2, 0.25) is 0 Å². The number of pyridine rings is 1. The van der Waals surface area contributed by atoms with Crippen LogP contribution in [0.1, 0.15) is 36.3 Å². The molecule has 1 N–H and O–H groups in total. The van der Waals surface area contributed by atoms with Gasteiger partial charge in [-0.15, -0.1) is 0 Å². The standard InChI is InChI=1S/C17H21N5O/c1-3-22-11-15(10-20-22)16-14(6-7-23-16)9-19-17-13(8-18)5-4-12(2)21-17/h4-5,10-11,14,16H,3,6-7,9H2,1-2H3,(H,19,21)/t14-,16+/m0/s1. The van der Waals surface area contributed by atoms with Crippen molar-refractivity contribution in [2.45, 2.75) is 32.9 Å². The lowest BCUT2D eigenvalue weighted by atomic mass is 9.97. The number of aromatic nitrogens is 3. The molecule has 0 amide bonds. The van der Waals surface area contributed by atoms with E-state index in [2.05, 4.69) is 34.6 Å². The van der Waals surface area contributed by atoms with E-state index in [0.717, 1.165) is 37.4 Å². The van der Waals surface area contributed by atoms with Gasteiger partial charge in [0.1, 0.15) is 11.9 Å². The normalized spacial score (nSPS) is 20.4. The molecule has 23 heavy (non-hydrogen) atoms. The molecule has 0 saturated carbocycles. The summed E-state index contributed by atoms with van der Waals surface area (Å²) in [4.78, 5) is 4.43. The first-order chi connectivity index (χ1) is 11.2. The van der Waals surface area contributed by atoms with Gasteiger partial charge in [0.05, 0.1) is 17.9 Å². The molecule has 2 atom stereocenters. The predicted octanol–water partition coefficient (Wildman–Crippen LogP) is 2.67. The average molecular weight is 311 g/mol. The molecule has 1 aliphatic rings. The Balaban J connectivity index is 1.70. The predicted molar refractivity (Wildman–Crippen MR) is 86.9 cm³/mol. The molecule has 0 spiro atoms. The summed E-state index contributed by atoms with van der Waals surface area (Å²) in [5, 5.41) is 16.9. The molecule has 3 heterocycles. The summed E-state index contributed by atoms with van der Waals surface area (Å²) in [6, 6.07) is 5.84. The van der Waals surface area contributed by atoms with Crippen molar-refractivity contribution in [2.75, 3.05) is 18.5 Å². The van der Waals surface area contributed by atoms with Crippen molar-refractivity contribution in [2.24, 2.45) is 5.92 Å². The molecular weight excluding hydrogens is 290 g/mol. The first-order valence-corrected chi connectivity index (χ1v) is 7.97. The van der Waals surface area contributed by atoms with Gasteiger partial charge in [0.25, 0.3) is 0 Å². The van der Waals surface area contributed by atoms with E-state index < -0.39 is 0 Å². The van der Waals surface area contributed by atoms with Crippen molar-refractivity contribution >= 4 is 5.82 Å². The van der Waals surface area contributed by atoms with Crippen molar-refractivity contribution in [3.8, 4) is 6.07 Å². The van der Waals surface area contributed by atoms with Crippen LogP contribution in [0.15, 0.2) is 24.5 Å². The summed E-state index contributed by atoms with van der Waals surface area (Å²) in [7, 11) is 0. The van der Waals surface area contributed by atoms with Gasteiger partial charge in [-0.05, 0) is 32.4 Å². The van der Waals surface area contributed by atoms with Crippen LogP contribution in [0.5, 0.6) is 0 Å². The first-order valence-electron chi connectivity index (χ1n) is 7.97. The van der Waals surface area contributed by atoms with Gasteiger partial charge >= 0.3 is 0 Å². The third-order valence-electron chi connectivity index (χ3n) is 4.21. The van der Waals surface area contributed by atoms with E-state index in [0.29, 0.717) is 17.3 Å². The summed E-state index contributed by atoms with van der Waals surface area (Å²) in [6.45, 7) is 6.33. The number of nitrogens with one attached hydrogen (secondary N) is 1. The van der Waals surface area contributed by atoms with Crippen molar-refractivity contribution < 1.29 is 4.74 Å². The van der Waals surface area contributed by atoms with Crippen LogP contribution >= 0.6 is 0 Å². The summed E-state index contributed by atoms with van der Waals surface area (Å²) in [5.41, 5.74) is 2.59. The number of hydrogen-bond donors (Lipinski definition) is 1. The lowest BCUT2D eigenvalue weighted by Gasteiger charge is -2.18. The van der Waals surface area contributed by atoms with Gasteiger partial charge in [-0.2, -0.15) is 10.4 Å². The molecule has 0 radical (unpaired) electrons. The van der Waals surface area contributed by atoms with Gasteiger partial charge in [0.2, 0.25) is 0 Å².